The highest BCUT2D eigenvalue weighted by Crippen LogP contribution is 2.29. The fourth-order valence-corrected chi connectivity index (χ4v) is 3.26. The maximum atomic E-state index is 12.0. The van der Waals surface area contributed by atoms with Gasteiger partial charge >= 0.3 is 5.97 Å². The quantitative estimate of drug-likeness (QED) is 0.873. The van der Waals surface area contributed by atoms with Crippen molar-refractivity contribution in [3.05, 3.63) is 16.1 Å². The van der Waals surface area contributed by atoms with Gasteiger partial charge in [-0.15, -0.1) is 11.3 Å². The maximum Gasteiger partial charge on any atom is 0.306 e. The second kappa shape index (κ2) is 6.83. The van der Waals surface area contributed by atoms with Crippen LogP contribution in [0.2, 0.25) is 0 Å². The minimum absolute atomic E-state index is 0.0277. The Bertz CT molecular complexity index is 479. The smallest absolute Gasteiger partial charge is 0.306 e. The van der Waals surface area contributed by atoms with E-state index in [9.17, 15) is 9.59 Å². The predicted octanol–water partition coefficient (Wildman–Crippen LogP) is 2.21. The first-order valence-corrected chi connectivity index (χ1v) is 7.92. The fraction of sp³-hybridized carbons (Fsp3) is 0.643. The molecule has 1 heterocycles. The normalized spacial score (nSPS) is 22.4. The molecule has 6 heteroatoms. The molecule has 1 aromatic heterocycles. The molecule has 1 aliphatic rings. The van der Waals surface area contributed by atoms with Gasteiger partial charge in [-0.05, 0) is 32.1 Å². The van der Waals surface area contributed by atoms with Gasteiger partial charge in [0.15, 0.2) is 0 Å². The van der Waals surface area contributed by atoms with Crippen LogP contribution in [0.15, 0.2) is 5.38 Å². The summed E-state index contributed by atoms with van der Waals surface area (Å²) in [4.78, 5) is 27.3. The SMILES string of the molecule is CCc1nc(CNC(=O)C2CCC(C(=O)O)CC2)cs1. The Labute approximate surface area is 122 Å². The zero-order chi connectivity index (χ0) is 14.5. The van der Waals surface area contributed by atoms with Crippen molar-refractivity contribution >= 4 is 23.2 Å². The number of aliphatic carboxylic acids is 1. The molecule has 0 radical (unpaired) electrons. The molecule has 0 aromatic carbocycles. The van der Waals surface area contributed by atoms with Gasteiger partial charge in [-0.25, -0.2) is 4.98 Å². The summed E-state index contributed by atoms with van der Waals surface area (Å²) in [7, 11) is 0. The Morgan fingerprint density at radius 3 is 2.55 bits per heavy atom. The van der Waals surface area contributed by atoms with Gasteiger partial charge in [-0.3, -0.25) is 9.59 Å². The number of thiazole rings is 1. The van der Waals surface area contributed by atoms with Crippen LogP contribution < -0.4 is 5.32 Å². The highest BCUT2D eigenvalue weighted by atomic mass is 32.1. The highest BCUT2D eigenvalue weighted by Gasteiger charge is 2.29. The van der Waals surface area contributed by atoms with Crippen LogP contribution in [0.5, 0.6) is 0 Å². The number of nitrogens with zero attached hydrogens (tertiary/aromatic N) is 1. The number of carbonyl (C=O) groups excluding carboxylic acids is 1. The molecule has 110 valence electrons. The van der Waals surface area contributed by atoms with Crippen molar-refractivity contribution in [2.45, 2.75) is 45.6 Å². The van der Waals surface area contributed by atoms with Crippen LogP contribution in [0.3, 0.4) is 0 Å². The summed E-state index contributed by atoms with van der Waals surface area (Å²) in [6.07, 6.45) is 3.45. The van der Waals surface area contributed by atoms with Gasteiger partial charge < -0.3 is 10.4 Å². The summed E-state index contributed by atoms with van der Waals surface area (Å²) in [5.41, 5.74) is 0.902. The summed E-state index contributed by atoms with van der Waals surface area (Å²) in [5.74, 6) is -1.03. The van der Waals surface area contributed by atoms with E-state index in [1.807, 2.05) is 5.38 Å². The van der Waals surface area contributed by atoms with Crippen LogP contribution in [-0.4, -0.2) is 22.0 Å². The molecule has 0 aliphatic heterocycles. The number of aromatic nitrogens is 1. The maximum absolute atomic E-state index is 12.0. The topological polar surface area (TPSA) is 79.3 Å². The standard InChI is InChI=1S/C14H20N2O3S/c1-2-12-16-11(8-20-12)7-15-13(17)9-3-5-10(6-4-9)14(18)19/h8-10H,2-7H2,1H3,(H,15,17)(H,18,19). The molecule has 1 aliphatic carbocycles. The molecule has 1 saturated carbocycles. The second-order valence-corrected chi connectivity index (χ2v) is 6.13. The number of rotatable bonds is 5. The van der Waals surface area contributed by atoms with Crippen molar-refractivity contribution in [1.82, 2.24) is 10.3 Å². The van der Waals surface area contributed by atoms with Gasteiger partial charge in [0.25, 0.3) is 0 Å². The van der Waals surface area contributed by atoms with E-state index in [1.54, 1.807) is 11.3 Å². The van der Waals surface area contributed by atoms with Crippen LogP contribution in [0.1, 0.15) is 43.3 Å². The van der Waals surface area contributed by atoms with Crippen LogP contribution >= 0.6 is 11.3 Å². The van der Waals surface area contributed by atoms with Gasteiger partial charge in [-0.2, -0.15) is 0 Å². The largest absolute Gasteiger partial charge is 0.481 e. The second-order valence-electron chi connectivity index (χ2n) is 5.19. The molecule has 20 heavy (non-hydrogen) atoms. The molecule has 0 saturated heterocycles. The predicted molar refractivity (Wildman–Crippen MR) is 76.4 cm³/mol. The zero-order valence-corrected chi connectivity index (χ0v) is 12.4. The van der Waals surface area contributed by atoms with Crippen LogP contribution in [-0.2, 0) is 22.6 Å². The first-order valence-electron chi connectivity index (χ1n) is 7.04. The van der Waals surface area contributed by atoms with Crippen molar-refractivity contribution in [3.8, 4) is 0 Å². The van der Waals surface area contributed by atoms with Crippen LogP contribution in [0, 0.1) is 11.8 Å². The summed E-state index contributed by atoms with van der Waals surface area (Å²) in [5, 5.41) is 14.9. The van der Waals surface area contributed by atoms with Crippen molar-refractivity contribution in [2.24, 2.45) is 11.8 Å². The van der Waals surface area contributed by atoms with Gasteiger partial charge in [0, 0.05) is 11.3 Å². The summed E-state index contributed by atoms with van der Waals surface area (Å²) in [6, 6.07) is 0. The molecule has 1 aromatic rings. The fourth-order valence-electron chi connectivity index (χ4n) is 2.52. The van der Waals surface area contributed by atoms with E-state index in [0.29, 0.717) is 32.2 Å². The number of carboxylic acid groups (broad SMARTS) is 1. The lowest BCUT2D eigenvalue weighted by Gasteiger charge is -2.25. The Hall–Kier alpha value is -1.43. The molecule has 0 atom stereocenters. The lowest BCUT2D eigenvalue weighted by atomic mass is 9.81. The van der Waals surface area contributed by atoms with Gasteiger partial charge in [0.2, 0.25) is 5.91 Å². The molecule has 1 fully saturated rings. The van der Waals surface area contributed by atoms with Gasteiger partial charge in [0.1, 0.15) is 0 Å². The van der Waals surface area contributed by atoms with E-state index in [1.165, 1.54) is 0 Å². The molecular formula is C14H20N2O3S. The Balaban J connectivity index is 1.77. The molecule has 2 rings (SSSR count). The van der Waals surface area contributed by atoms with Gasteiger partial charge in [-0.1, -0.05) is 6.92 Å². The van der Waals surface area contributed by atoms with Crippen LogP contribution in [0.25, 0.3) is 0 Å². The molecule has 0 bridgehead atoms. The third-order valence-corrected chi connectivity index (χ3v) is 4.83. The zero-order valence-electron chi connectivity index (χ0n) is 11.6. The minimum atomic E-state index is -0.738. The average Bonchev–Trinajstić information content (AvgIpc) is 2.93. The van der Waals surface area contributed by atoms with Crippen molar-refractivity contribution in [3.63, 3.8) is 0 Å². The number of carbonyl (C=O) groups is 2. The van der Waals surface area contributed by atoms with Gasteiger partial charge in [0.05, 0.1) is 23.2 Å². The molecule has 0 spiro atoms. The molecule has 0 unspecified atom stereocenters. The number of aryl methyl sites for hydroxylation is 1. The number of amides is 1. The van der Waals surface area contributed by atoms with E-state index in [4.69, 9.17) is 5.11 Å². The Morgan fingerprint density at radius 1 is 1.35 bits per heavy atom. The first-order chi connectivity index (χ1) is 9.60. The number of hydrogen-bond donors (Lipinski definition) is 2. The third-order valence-electron chi connectivity index (χ3n) is 3.79. The Kier molecular flexibility index (Phi) is 5.11. The number of carboxylic acids is 1. The van der Waals surface area contributed by atoms with E-state index >= 15 is 0 Å². The molecule has 5 nitrogen and oxygen atoms in total. The summed E-state index contributed by atoms with van der Waals surface area (Å²) in [6.45, 7) is 2.52. The van der Waals surface area contributed by atoms with E-state index in [0.717, 1.165) is 17.1 Å². The lowest BCUT2D eigenvalue weighted by molar-refractivity contribution is -0.144. The first kappa shape index (κ1) is 15.0. The summed E-state index contributed by atoms with van der Waals surface area (Å²) >= 11 is 1.61. The van der Waals surface area contributed by atoms with Crippen LogP contribution in [0.4, 0.5) is 0 Å². The van der Waals surface area contributed by atoms with Crippen molar-refractivity contribution < 1.29 is 14.7 Å². The minimum Gasteiger partial charge on any atom is -0.481 e. The molecule has 2 N–H and O–H groups in total. The molecule has 1 amide bonds. The van der Waals surface area contributed by atoms with Crippen molar-refractivity contribution in [1.29, 1.82) is 0 Å². The van der Waals surface area contributed by atoms with E-state index in [2.05, 4.69) is 17.2 Å². The number of nitrogens with one attached hydrogen (secondary N) is 1. The lowest BCUT2D eigenvalue weighted by Crippen LogP contribution is -2.34. The molecular weight excluding hydrogens is 276 g/mol. The third kappa shape index (κ3) is 3.79. The highest BCUT2D eigenvalue weighted by molar-refractivity contribution is 7.09. The van der Waals surface area contributed by atoms with E-state index in [-0.39, 0.29) is 17.7 Å². The van der Waals surface area contributed by atoms with Crippen molar-refractivity contribution in [2.75, 3.05) is 0 Å². The average molecular weight is 296 g/mol. The van der Waals surface area contributed by atoms with E-state index < -0.39 is 5.97 Å². The number of hydrogen-bond acceptors (Lipinski definition) is 4. The Morgan fingerprint density at radius 2 is 2.00 bits per heavy atom. The summed E-state index contributed by atoms with van der Waals surface area (Å²) < 4.78 is 0. The monoisotopic (exact) mass is 296 g/mol.